The number of rotatable bonds is 5. The summed E-state index contributed by atoms with van der Waals surface area (Å²) in [6.45, 7) is 5.32. The highest BCUT2D eigenvalue weighted by Gasteiger charge is 2.06. The van der Waals surface area contributed by atoms with Crippen LogP contribution in [0.1, 0.15) is 28.4 Å². The topological polar surface area (TPSA) is 41.1 Å². The molecule has 0 spiro atoms. The third kappa shape index (κ3) is 4.33. The van der Waals surface area contributed by atoms with Gasteiger partial charge in [-0.3, -0.25) is 4.79 Å². The number of halogens is 1. The molecule has 0 aliphatic heterocycles. The maximum absolute atomic E-state index is 11.8. The lowest BCUT2D eigenvalue weighted by atomic mass is 10.1. The molecule has 0 saturated carbocycles. The number of benzene rings is 2. The predicted octanol–water partition coefficient (Wildman–Crippen LogP) is 4.12. The zero-order valence-corrected chi connectivity index (χ0v) is 13.8. The lowest BCUT2D eigenvalue weighted by molar-refractivity contribution is 0.0956. The SMILES string of the molecule is CCNC(=O)c1ccc(NCc2ccc(Br)cc2)c(C)c1. The summed E-state index contributed by atoms with van der Waals surface area (Å²) in [5.74, 6) is -0.0277. The molecule has 0 atom stereocenters. The highest BCUT2D eigenvalue weighted by Crippen LogP contribution is 2.18. The molecule has 4 heteroatoms. The molecule has 2 N–H and O–H groups in total. The van der Waals surface area contributed by atoms with E-state index in [0.29, 0.717) is 12.1 Å². The molecule has 0 bridgehead atoms. The smallest absolute Gasteiger partial charge is 0.251 e. The van der Waals surface area contributed by atoms with Crippen LogP contribution in [0, 0.1) is 6.92 Å². The highest BCUT2D eigenvalue weighted by molar-refractivity contribution is 9.10. The van der Waals surface area contributed by atoms with Crippen molar-refractivity contribution >= 4 is 27.5 Å². The molecule has 0 fully saturated rings. The average Bonchev–Trinajstić information content (AvgIpc) is 2.48. The molecular formula is C17H19BrN2O. The lowest BCUT2D eigenvalue weighted by Crippen LogP contribution is -2.22. The number of carbonyl (C=O) groups is 1. The zero-order valence-electron chi connectivity index (χ0n) is 12.2. The van der Waals surface area contributed by atoms with Crippen LogP contribution >= 0.6 is 15.9 Å². The molecule has 2 rings (SSSR count). The van der Waals surface area contributed by atoms with Crippen molar-refractivity contribution in [2.24, 2.45) is 0 Å². The van der Waals surface area contributed by atoms with Gasteiger partial charge in [-0.15, -0.1) is 0 Å². The van der Waals surface area contributed by atoms with Crippen LogP contribution in [-0.4, -0.2) is 12.5 Å². The van der Waals surface area contributed by atoms with E-state index in [1.807, 2.05) is 44.2 Å². The quantitative estimate of drug-likeness (QED) is 0.854. The van der Waals surface area contributed by atoms with Gasteiger partial charge in [0, 0.05) is 28.8 Å². The van der Waals surface area contributed by atoms with Gasteiger partial charge in [-0.2, -0.15) is 0 Å². The van der Waals surface area contributed by atoms with Crippen molar-refractivity contribution in [3.8, 4) is 0 Å². The molecule has 0 aliphatic rings. The molecule has 110 valence electrons. The maximum Gasteiger partial charge on any atom is 0.251 e. The van der Waals surface area contributed by atoms with Crippen LogP contribution in [0.3, 0.4) is 0 Å². The van der Waals surface area contributed by atoms with E-state index in [-0.39, 0.29) is 5.91 Å². The molecule has 0 aliphatic carbocycles. The molecular weight excluding hydrogens is 328 g/mol. The van der Waals surface area contributed by atoms with Crippen LogP contribution in [0.2, 0.25) is 0 Å². The number of carbonyl (C=O) groups excluding carboxylic acids is 1. The Morgan fingerprint density at radius 3 is 2.48 bits per heavy atom. The van der Waals surface area contributed by atoms with Gasteiger partial charge in [-0.25, -0.2) is 0 Å². The van der Waals surface area contributed by atoms with Gasteiger partial charge in [0.05, 0.1) is 0 Å². The fourth-order valence-electron chi connectivity index (χ4n) is 2.07. The maximum atomic E-state index is 11.8. The van der Waals surface area contributed by atoms with Crippen molar-refractivity contribution in [2.75, 3.05) is 11.9 Å². The second-order valence-corrected chi connectivity index (χ2v) is 5.78. The molecule has 1 amide bonds. The lowest BCUT2D eigenvalue weighted by Gasteiger charge is -2.11. The standard InChI is InChI=1S/C17H19BrN2O/c1-3-19-17(21)14-6-9-16(12(2)10-14)20-11-13-4-7-15(18)8-5-13/h4-10,20H,3,11H2,1-2H3,(H,19,21). The molecule has 0 aromatic heterocycles. The fourth-order valence-corrected chi connectivity index (χ4v) is 2.33. The summed E-state index contributed by atoms with van der Waals surface area (Å²) in [5.41, 5.74) is 4.02. The molecule has 0 radical (unpaired) electrons. The largest absolute Gasteiger partial charge is 0.381 e. The van der Waals surface area contributed by atoms with Gasteiger partial charge in [0.1, 0.15) is 0 Å². The van der Waals surface area contributed by atoms with Gasteiger partial charge in [0.25, 0.3) is 5.91 Å². The van der Waals surface area contributed by atoms with Crippen LogP contribution in [0.15, 0.2) is 46.9 Å². The molecule has 0 saturated heterocycles. The molecule has 2 aromatic rings. The summed E-state index contributed by atoms with van der Waals surface area (Å²) < 4.78 is 1.08. The zero-order chi connectivity index (χ0) is 15.2. The van der Waals surface area contributed by atoms with Crippen LogP contribution in [0.5, 0.6) is 0 Å². The molecule has 21 heavy (non-hydrogen) atoms. The Balaban J connectivity index is 2.04. The van der Waals surface area contributed by atoms with E-state index in [9.17, 15) is 4.79 Å². The van der Waals surface area contributed by atoms with Gasteiger partial charge in [-0.1, -0.05) is 28.1 Å². The first-order valence-corrected chi connectivity index (χ1v) is 7.76. The summed E-state index contributed by atoms with van der Waals surface area (Å²) in [5, 5.41) is 6.21. The molecule has 2 aromatic carbocycles. The van der Waals surface area contributed by atoms with Crippen LogP contribution in [-0.2, 0) is 6.54 Å². The number of amides is 1. The first-order chi connectivity index (χ1) is 10.1. The average molecular weight is 347 g/mol. The first-order valence-electron chi connectivity index (χ1n) is 6.97. The molecule has 0 unspecified atom stereocenters. The minimum atomic E-state index is -0.0277. The van der Waals surface area contributed by atoms with E-state index in [4.69, 9.17) is 0 Å². The summed E-state index contributed by atoms with van der Waals surface area (Å²) in [6, 6.07) is 13.9. The first kappa shape index (κ1) is 15.6. The Bertz CT molecular complexity index is 623. The summed E-state index contributed by atoms with van der Waals surface area (Å²) in [7, 11) is 0. The van der Waals surface area contributed by atoms with E-state index < -0.39 is 0 Å². The third-order valence-electron chi connectivity index (χ3n) is 3.22. The Labute approximate surface area is 133 Å². The summed E-state index contributed by atoms with van der Waals surface area (Å²) in [6.07, 6.45) is 0. The Hall–Kier alpha value is -1.81. The van der Waals surface area contributed by atoms with E-state index in [1.54, 1.807) is 0 Å². The minimum Gasteiger partial charge on any atom is -0.381 e. The Morgan fingerprint density at radius 1 is 1.14 bits per heavy atom. The van der Waals surface area contributed by atoms with Crippen molar-refractivity contribution in [3.05, 3.63) is 63.6 Å². The number of hydrogen-bond acceptors (Lipinski definition) is 2. The highest BCUT2D eigenvalue weighted by atomic mass is 79.9. The van der Waals surface area contributed by atoms with Crippen molar-refractivity contribution in [3.63, 3.8) is 0 Å². The van der Waals surface area contributed by atoms with Crippen LogP contribution in [0.4, 0.5) is 5.69 Å². The van der Waals surface area contributed by atoms with Gasteiger partial charge < -0.3 is 10.6 Å². The van der Waals surface area contributed by atoms with Crippen molar-refractivity contribution in [1.29, 1.82) is 0 Å². The summed E-state index contributed by atoms with van der Waals surface area (Å²) >= 11 is 3.43. The Kier molecular flexibility index (Phi) is 5.39. The van der Waals surface area contributed by atoms with Crippen molar-refractivity contribution in [2.45, 2.75) is 20.4 Å². The predicted molar refractivity (Wildman–Crippen MR) is 90.7 cm³/mol. The summed E-state index contributed by atoms with van der Waals surface area (Å²) in [4.78, 5) is 11.8. The number of nitrogens with one attached hydrogen (secondary N) is 2. The van der Waals surface area contributed by atoms with Gasteiger partial charge in [0.2, 0.25) is 0 Å². The van der Waals surface area contributed by atoms with E-state index >= 15 is 0 Å². The minimum absolute atomic E-state index is 0.0277. The fraction of sp³-hybridized carbons (Fsp3) is 0.235. The van der Waals surface area contributed by atoms with Gasteiger partial charge >= 0.3 is 0 Å². The molecule has 0 heterocycles. The van der Waals surface area contributed by atoms with Gasteiger partial charge in [-0.05, 0) is 55.3 Å². The second kappa shape index (κ2) is 7.27. The monoisotopic (exact) mass is 346 g/mol. The Morgan fingerprint density at radius 2 is 1.86 bits per heavy atom. The van der Waals surface area contributed by atoms with Gasteiger partial charge in [0.15, 0.2) is 0 Å². The van der Waals surface area contributed by atoms with Crippen LogP contribution in [0.25, 0.3) is 0 Å². The number of aryl methyl sites for hydroxylation is 1. The second-order valence-electron chi connectivity index (χ2n) is 4.87. The van der Waals surface area contributed by atoms with E-state index in [0.717, 1.165) is 22.3 Å². The number of hydrogen-bond donors (Lipinski definition) is 2. The van der Waals surface area contributed by atoms with Crippen molar-refractivity contribution < 1.29 is 4.79 Å². The third-order valence-corrected chi connectivity index (χ3v) is 3.75. The van der Waals surface area contributed by atoms with E-state index in [2.05, 4.69) is 38.7 Å². The molecule has 3 nitrogen and oxygen atoms in total. The normalized spacial score (nSPS) is 10.2. The van der Waals surface area contributed by atoms with E-state index in [1.165, 1.54) is 5.56 Å². The van der Waals surface area contributed by atoms with Crippen molar-refractivity contribution in [1.82, 2.24) is 5.32 Å². The van der Waals surface area contributed by atoms with Crippen LogP contribution < -0.4 is 10.6 Å². The number of anilines is 1.